The van der Waals surface area contributed by atoms with E-state index in [-0.39, 0.29) is 51.8 Å². The summed E-state index contributed by atoms with van der Waals surface area (Å²) in [5.41, 5.74) is 4.57. The van der Waals surface area contributed by atoms with E-state index in [2.05, 4.69) is 17.4 Å². The van der Waals surface area contributed by atoms with Crippen LogP contribution in [-0.2, 0) is 19.1 Å². The van der Waals surface area contributed by atoms with Crippen LogP contribution >= 0.6 is 0 Å². The van der Waals surface area contributed by atoms with E-state index in [1.165, 1.54) is 4.90 Å². The molecule has 0 aromatic heterocycles. The predicted molar refractivity (Wildman–Crippen MR) is 122 cm³/mol. The number of likely N-dealkylation sites (tertiary alicyclic amines) is 1. The van der Waals surface area contributed by atoms with Gasteiger partial charge in [-0.1, -0.05) is 48.5 Å². The monoisotopic (exact) mass is 468 g/mol. The van der Waals surface area contributed by atoms with Crippen LogP contribution < -0.4 is 5.32 Å². The Bertz CT molecular complexity index is 1010. The van der Waals surface area contributed by atoms with Crippen molar-refractivity contribution in [2.24, 2.45) is 5.92 Å². The molecule has 180 valence electrons. The van der Waals surface area contributed by atoms with E-state index in [1.54, 1.807) is 0 Å². The van der Waals surface area contributed by atoms with E-state index in [1.807, 2.05) is 36.4 Å². The number of aliphatic hydroxyl groups excluding tert-OH is 1. The highest BCUT2D eigenvalue weighted by molar-refractivity contribution is 5.80. The molecule has 34 heavy (non-hydrogen) atoms. The van der Waals surface area contributed by atoms with Gasteiger partial charge in [-0.05, 0) is 28.7 Å². The summed E-state index contributed by atoms with van der Waals surface area (Å²) in [4.78, 5) is 36.9. The number of nitrogens with one attached hydrogen (secondary N) is 1. The number of hydrogen-bond donors (Lipinski definition) is 3. The summed E-state index contributed by atoms with van der Waals surface area (Å²) >= 11 is 0. The Morgan fingerprint density at radius 1 is 1.00 bits per heavy atom. The van der Waals surface area contributed by atoms with Gasteiger partial charge in [-0.15, -0.1) is 0 Å². The highest BCUT2D eigenvalue weighted by Gasteiger charge is 2.33. The lowest BCUT2D eigenvalue weighted by atomic mass is 9.96. The van der Waals surface area contributed by atoms with E-state index in [4.69, 9.17) is 14.6 Å². The van der Waals surface area contributed by atoms with Crippen molar-refractivity contribution in [3.05, 3.63) is 59.7 Å². The third-order valence-electron chi connectivity index (χ3n) is 6.22. The number of carboxylic acid groups (broad SMARTS) is 1. The number of alkyl carbamates (subject to hydrolysis) is 1. The second kappa shape index (κ2) is 10.7. The van der Waals surface area contributed by atoms with Crippen molar-refractivity contribution in [2.75, 3.05) is 39.5 Å². The Morgan fingerprint density at radius 2 is 1.65 bits per heavy atom. The molecule has 0 spiro atoms. The molecular formula is C25H28N2O7. The number of benzene rings is 2. The molecule has 0 radical (unpaired) electrons. The molecule has 1 aliphatic heterocycles. The van der Waals surface area contributed by atoms with Crippen molar-refractivity contribution in [3.63, 3.8) is 0 Å². The quantitative estimate of drug-likeness (QED) is 0.505. The van der Waals surface area contributed by atoms with Gasteiger partial charge in [0.05, 0.1) is 18.6 Å². The summed E-state index contributed by atoms with van der Waals surface area (Å²) in [6.07, 6.45) is -1.31. The van der Waals surface area contributed by atoms with Crippen molar-refractivity contribution < 1.29 is 34.1 Å². The van der Waals surface area contributed by atoms with Gasteiger partial charge in [-0.25, -0.2) is 4.79 Å². The van der Waals surface area contributed by atoms with Gasteiger partial charge in [-0.3, -0.25) is 9.59 Å². The maximum Gasteiger partial charge on any atom is 0.407 e. The fourth-order valence-corrected chi connectivity index (χ4v) is 4.58. The number of piperidine rings is 1. The molecule has 4 rings (SSSR count). The number of carbonyl (C=O) groups excluding carboxylic acids is 2. The average molecular weight is 469 g/mol. The molecule has 1 fully saturated rings. The zero-order chi connectivity index (χ0) is 24.1. The molecule has 0 bridgehead atoms. The zero-order valence-corrected chi connectivity index (χ0v) is 18.7. The first kappa shape index (κ1) is 23.7. The number of carbonyl (C=O) groups is 3. The number of nitrogens with zero attached hydrogens (tertiary/aromatic N) is 1. The van der Waals surface area contributed by atoms with Gasteiger partial charge < -0.3 is 29.9 Å². The molecule has 2 unspecified atom stereocenters. The number of fused-ring (bicyclic) bond motifs is 3. The molecule has 0 saturated carbocycles. The maximum absolute atomic E-state index is 12.2. The van der Waals surface area contributed by atoms with Crippen LogP contribution in [0, 0.1) is 5.92 Å². The minimum absolute atomic E-state index is 0.0263. The molecule has 9 heteroatoms. The second-order valence-electron chi connectivity index (χ2n) is 8.53. The molecule has 2 aliphatic rings. The second-order valence-corrected chi connectivity index (χ2v) is 8.53. The van der Waals surface area contributed by atoms with Crippen LogP contribution in [-0.4, -0.2) is 78.6 Å². The van der Waals surface area contributed by atoms with Crippen LogP contribution in [0.15, 0.2) is 48.5 Å². The average Bonchev–Trinajstić information content (AvgIpc) is 3.15. The smallest absolute Gasteiger partial charge is 0.407 e. The van der Waals surface area contributed by atoms with Crippen molar-refractivity contribution in [1.29, 1.82) is 0 Å². The summed E-state index contributed by atoms with van der Waals surface area (Å²) in [6, 6.07) is 16.2. The number of β-amino-alcohol motifs (C(OH)–C–C–N with tert-alkyl or cyclic N) is 1. The Kier molecular flexibility index (Phi) is 7.44. The number of carboxylic acids is 1. The molecule has 9 nitrogen and oxygen atoms in total. The molecule has 2 atom stereocenters. The van der Waals surface area contributed by atoms with Crippen LogP contribution in [0.1, 0.15) is 23.5 Å². The number of ether oxygens (including phenoxy) is 2. The minimum Gasteiger partial charge on any atom is -0.481 e. The summed E-state index contributed by atoms with van der Waals surface area (Å²) in [5.74, 6) is -2.25. The van der Waals surface area contributed by atoms with Crippen LogP contribution in [0.2, 0.25) is 0 Å². The fourth-order valence-electron chi connectivity index (χ4n) is 4.58. The molecular weight excluding hydrogens is 440 g/mol. The molecule has 1 heterocycles. The lowest BCUT2D eigenvalue weighted by molar-refractivity contribution is -0.150. The van der Waals surface area contributed by atoms with Crippen LogP contribution in [0.4, 0.5) is 4.79 Å². The largest absolute Gasteiger partial charge is 0.481 e. The Morgan fingerprint density at radius 3 is 2.29 bits per heavy atom. The molecule has 3 N–H and O–H groups in total. The first-order valence-electron chi connectivity index (χ1n) is 11.3. The van der Waals surface area contributed by atoms with Gasteiger partial charge in [-0.2, -0.15) is 0 Å². The van der Waals surface area contributed by atoms with Gasteiger partial charge in [0.15, 0.2) is 0 Å². The highest BCUT2D eigenvalue weighted by Crippen LogP contribution is 2.44. The van der Waals surface area contributed by atoms with Gasteiger partial charge in [0, 0.05) is 25.6 Å². The number of amides is 2. The van der Waals surface area contributed by atoms with E-state index >= 15 is 0 Å². The third-order valence-corrected chi connectivity index (χ3v) is 6.22. The SMILES string of the molecule is O=C(NCCOCC(=O)N1CC(O)CC(C(=O)O)C1)OCC1c2ccccc2-c2ccccc21. The summed E-state index contributed by atoms with van der Waals surface area (Å²) in [7, 11) is 0. The van der Waals surface area contributed by atoms with E-state index in [9.17, 15) is 19.5 Å². The zero-order valence-electron chi connectivity index (χ0n) is 18.7. The Hall–Kier alpha value is -3.43. The Labute approximate surface area is 197 Å². The lowest BCUT2D eigenvalue weighted by Gasteiger charge is -2.33. The first-order chi connectivity index (χ1) is 16.4. The van der Waals surface area contributed by atoms with Gasteiger partial charge in [0.2, 0.25) is 5.91 Å². The fraction of sp³-hybridized carbons (Fsp3) is 0.400. The van der Waals surface area contributed by atoms with Crippen molar-refractivity contribution in [1.82, 2.24) is 10.2 Å². The van der Waals surface area contributed by atoms with Crippen LogP contribution in [0.25, 0.3) is 11.1 Å². The number of aliphatic hydroxyl groups is 1. The van der Waals surface area contributed by atoms with Gasteiger partial charge >= 0.3 is 12.1 Å². The summed E-state index contributed by atoms with van der Waals surface area (Å²) in [5, 5.41) is 21.5. The highest BCUT2D eigenvalue weighted by atomic mass is 16.5. The van der Waals surface area contributed by atoms with E-state index in [0.29, 0.717) is 0 Å². The van der Waals surface area contributed by atoms with Crippen LogP contribution in [0.5, 0.6) is 0 Å². The van der Waals surface area contributed by atoms with Crippen molar-refractivity contribution in [2.45, 2.75) is 18.4 Å². The van der Waals surface area contributed by atoms with Crippen LogP contribution in [0.3, 0.4) is 0 Å². The van der Waals surface area contributed by atoms with Gasteiger partial charge in [0.1, 0.15) is 13.2 Å². The standard InChI is InChI=1S/C25H28N2O7/c28-17-11-16(24(30)31)12-27(13-17)23(29)15-33-10-9-26-25(32)34-14-22-20-7-3-1-5-18(20)19-6-2-4-8-21(19)22/h1-8,16-17,22,28H,9-15H2,(H,26,32)(H,30,31). The molecule has 1 saturated heterocycles. The van der Waals surface area contributed by atoms with E-state index in [0.717, 1.165) is 22.3 Å². The van der Waals surface area contributed by atoms with E-state index < -0.39 is 30.0 Å². The topological polar surface area (TPSA) is 125 Å². The maximum atomic E-state index is 12.2. The molecule has 2 amide bonds. The number of rotatable bonds is 8. The minimum atomic E-state index is -1.04. The summed E-state index contributed by atoms with van der Waals surface area (Å²) < 4.78 is 10.8. The molecule has 2 aromatic rings. The lowest BCUT2D eigenvalue weighted by Crippen LogP contribution is -2.49. The van der Waals surface area contributed by atoms with Gasteiger partial charge in [0.25, 0.3) is 0 Å². The number of hydrogen-bond acceptors (Lipinski definition) is 6. The molecule has 2 aromatic carbocycles. The van der Waals surface area contributed by atoms with Crippen molar-refractivity contribution >= 4 is 18.0 Å². The predicted octanol–water partition coefficient (Wildman–Crippen LogP) is 1.84. The Balaban J connectivity index is 1.17. The normalized spacial score (nSPS) is 19.3. The summed E-state index contributed by atoms with van der Waals surface area (Å²) in [6.45, 7) is 0.336. The first-order valence-corrected chi connectivity index (χ1v) is 11.3. The van der Waals surface area contributed by atoms with Crippen molar-refractivity contribution in [3.8, 4) is 11.1 Å². The third kappa shape index (κ3) is 5.37. The number of aliphatic carboxylic acids is 1. The molecule has 1 aliphatic carbocycles.